The summed E-state index contributed by atoms with van der Waals surface area (Å²) in [5.74, 6) is 1.07. The fraction of sp³-hybridized carbons (Fsp3) is 0.0500. The lowest BCUT2D eigenvalue weighted by molar-refractivity contribution is 0.215. The SMILES string of the molecule is COc1ccccc1NC(=O)Oc1ccccc1-c1ccccc1. The van der Waals surface area contributed by atoms with Gasteiger partial charge in [-0.1, -0.05) is 60.7 Å². The lowest BCUT2D eigenvalue weighted by Gasteiger charge is -2.12. The van der Waals surface area contributed by atoms with E-state index in [1.807, 2.05) is 60.7 Å². The van der Waals surface area contributed by atoms with E-state index < -0.39 is 6.09 Å². The van der Waals surface area contributed by atoms with Crippen LogP contribution in [0.5, 0.6) is 11.5 Å². The number of hydrogen-bond acceptors (Lipinski definition) is 3. The van der Waals surface area contributed by atoms with Gasteiger partial charge in [0.25, 0.3) is 0 Å². The number of amides is 1. The number of para-hydroxylation sites is 3. The first-order valence-corrected chi connectivity index (χ1v) is 7.54. The van der Waals surface area contributed by atoms with E-state index in [0.29, 0.717) is 17.2 Å². The zero-order chi connectivity index (χ0) is 16.8. The number of benzene rings is 3. The highest BCUT2D eigenvalue weighted by Gasteiger charge is 2.12. The van der Waals surface area contributed by atoms with Gasteiger partial charge < -0.3 is 9.47 Å². The molecule has 0 radical (unpaired) electrons. The van der Waals surface area contributed by atoms with Crippen molar-refractivity contribution in [2.75, 3.05) is 12.4 Å². The van der Waals surface area contributed by atoms with Gasteiger partial charge in [-0.3, -0.25) is 5.32 Å². The molecular formula is C20H17NO3. The maximum absolute atomic E-state index is 12.2. The normalized spacial score (nSPS) is 10.0. The van der Waals surface area contributed by atoms with Crippen molar-refractivity contribution in [3.8, 4) is 22.6 Å². The monoisotopic (exact) mass is 319 g/mol. The van der Waals surface area contributed by atoms with Gasteiger partial charge in [0.1, 0.15) is 11.5 Å². The lowest BCUT2D eigenvalue weighted by Crippen LogP contribution is -2.17. The van der Waals surface area contributed by atoms with Gasteiger partial charge in [0.05, 0.1) is 12.8 Å². The first-order chi connectivity index (χ1) is 11.8. The van der Waals surface area contributed by atoms with Gasteiger partial charge in [-0.15, -0.1) is 0 Å². The van der Waals surface area contributed by atoms with Gasteiger partial charge in [-0.25, -0.2) is 4.79 Å². The molecule has 0 aliphatic carbocycles. The van der Waals surface area contributed by atoms with Crippen LogP contribution in [0.3, 0.4) is 0 Å². The minimum Gasteiger partial charge on any atom is -0.495 e. The summed E-state index contributed by atoms with van der Waals surface area (Å²) >= 11 is 0. The van der Waals surface area contributed by atoms with Crippen LogP contribution in [0.2, 0.25) is 0 Å². The Kier molecular flexibility index (Phi) is 4.77. The third kappa shape index (κ3) is 3.55. The van der Waals surface area contributed by atoms with Crippen LogP contribution in [-0.2, 0) is 0 Å². The van der Waals surface area contributed by atoms with Crippen LogP contribution in [0.25, 0.3) is 11.1 Å². The average Bonchev–Trinajstić information content (AvgIpc) is 2.63. The van der Waals surface area contributed by atoms with Crippen molar-refractivity contribution in [3.63, 3.8) is 0 Å². The predicted octanol–water partition coefficient (Wildman–Crippen LogP) is 4.97. The van der Waals surface area contributed by atoms with E-state index in [1.54, 1.807) is 25.3 Å². The summed E-state index contributed by atoms with van der Waals surface area (Å²) in [5, 5.41) is 2.70. The fourth-order valence-corrected chi connectivity index (χ4v) is 2.40. The van der Waals surface area contributed by atoms with Crippen LogP contribution in [0.1, 0.15) is 0 Å². The van der Waals surface area contributed by atoms with Crippen LogP contribution in [-0.4, -0.2) is 13.2 Å². The molecule has 0 aliphatic heterocycles. The first-order valence-electron chi connectivity index (χ1n) is 7.54. The average molecular weight is 319 g/mol. The Morgan fingerprint density at radius 2 is 1.42 bits per heavy atom. The molecule has 0 saturated heterocycles. The smallest absolute Gasteiger partial charge is 0.417 e. The number of methoxy groups -OCH3 is 1. The van der Waals surface area contributed by atoms with Gasteiger partial charge in [-0.05, 0) is 23.8 Å². The first kappa shape index (κ1) is 15.6. The van der Waals surface area contributed by atoms with E-state index in [1.165, 1.54) is 0 Å². The molecule has 24 heavy (non-hydrogen) atoms. The van der Waals surface area contributed by atoms with Gasteiger partial charge in [0, 0.05) is 5.56 Å². The zero-order valence-electron chi connectivity index (χ0n) is 13.2. The summed E-state index contributed by atoms with van der Waals surface area (Å²) in [6.07, 6.45) is -0.567. The lowest BCUT2D eigenvalue weighted by atomic mass is 10.1. The van der Waals surface area contributed by atoms with Crippen LogP contribution >= 0.6 is 0 Å². The molecule has 0 atom stereocenters. The molecule has 3 aromatic carbocycles. The second-order valence-corrected chi connectivity index (χ2v) is 5.08. The highest BCUT2D eigenvalue weighted by molar-refractivity contribution is 5.89. The summed E-state index contributed by atoms with van der Waals surface area (Å²) in [7, 11) is 1.55. The second-order valence-electron chi connectivity index (χ2n) is 5.08. The number of anilines is 1. The highest BCUT2D eigenvalue weighted by atomic mass is 16.6. The Hall–Kier alpha value is -3.27. The van der Waals surface area contributed by atoms with Crippen LogP contribution < -0.4 is 14.8 Å². The number of hydrogen-bond donors (Lipinski definition) is 1. The molecule has 0 spiro atoms. The molecule has 0 aromatic heterocycles. The molecule has 0 saturated carbocycles. The number of nitrogens with one attached hydrogen (secondary N) is 1. The maximum atomic E-state index is 12.2. The highest BCUT2D eigenvalue weighted by Crippen LogP contribution is 2.30. The van der Waals surface area contributed by atoms with Crippen molar-refractivity contribution in [2.24, 2.45) is 0 Å². The third-order valence-electron chi connectivity index (χ3n) is 3.52. The quantitative estimate of drug-likeness (QED) is 0.738. The minimum absolute atomic E-state index is 0.496. The van der Waals surface area contributed by atoms with E-state index in [9.17, 15) is 4.79 Å². The van der Waals surface area contributed by atoms with E-state index in [2.05, 4.69) is 5.32 Å². The van der Waals surface area contributed by atoms with Crippen molar-refractivity contribution in [2.45, 2.75) is 0 Å². The van der Waals surface area contributed by atoms with Crippen molar-refractivity contribution >= 4 is 11.8 Å². The van der Waals surface area contributed by atoms with Crippen molar-refractivity contribution in [1.82, 2.24) is 0 Å². The Bertz CT molecular complexity index is 831. The largest absolute Gasteiger partial charge is 0.495 e. The fourth-order valence-electron chi connectivity index (χ4n) is 2.40. The molecule has 0 unspecified atom stereocenters. The van der Waals surface area contributed by atoms with Gasteiger partial charge in [-0.2, -0.15) is 0 Å². The van der Waals surface area contributed by atoms with Crippen LogP contribution in [0.4, 0.5) is 10.5 Å². The van der Waals surface area contributed by atoms with Crippen LogP contribution in [0.15, 0.2) is 78.9 Å². The Balaban J connectivity index is 1.80. The molecule has 1 amide bonds. The molecule has 0 bridgehead atoms. The predicted molar refractivity (Wildman–Crippen MR) is 94.5 cm³/mol. The number of ether oxygens (including phenoxy) is 2. The zero-order valence-corrected chi connectivity index (χ0v) is 13.2. The molecule has 0 aliphatic rings. The minimum atomic E-state index is -0.567. The van der Waals surface area contributed by atoms with Crippen molar-refractivity contribution < 1.29 is 14.3 Å². The molecule has 3 rings (SSSR count). The van der Waals surface area contributed by atoms with E-state index in [0.717, 1.165) is 11.1 Å². The summed E-state index contributed by atoms with van der Waals surface area (Å²) in [5.41, 5.74) is 2.40. The summed E-state index contributed by atoms with van der Waals surface area (Å²) < 4.78 is 10.7. The topological polar surface area (TPSA) is 47.6 Å². The van der Waals surface area contributed by atoms with E-state index in [-0.39, 0.29) is 0 Å². The second kappa shape index (κ2) is 7.33. The molecule has 120 valence electrons. The standard InChI is InChI=1S/C20H17NO3/c1-23-19-14-8-6-12-17(19)21-20(22)24-18-13-7-5-11-16(18)15-9-3-2-4-10-15/h2-14H,1H3,(H,21,22). The summed E-state index contributed by atoms with van der Waals surface area (Å²) in [6, 6.07) is 24.4. The Morgan fingerprint density at radius 1 is 0.792 bits per heavy atom. The van der Waals surface area contributed by atoms with Gasteiger partial charge in [0.15, 0.2) is 0 Å². The number of rotatable bonds is 4. The summed E-state index contributed by atoms with van der Waals surface area (Å²) in [6.45, 7) is 0. The Morgan fingerprint density at radius 3 is 2.17 bits per heavy atom. The molecule has 3 aromatic rings. The molecule has 0 heterocycles. The van der Waals surface area contributed by atoms with Gasteiger partial charge in [0.2, 0.25) is 0 Å². The molecule has 0 fully saturated rings. The third-order valence-corrected chi connectivity index (χ3v) is 3.52. The summed E-state index contributed by atoms with van der Waals surface area (Å²) in [4.78, 5) is 12.2. The molecular weight excluding hydrogens is 302 g/mol. The van der Waals surface area contributed by atoms with Crippen LogP contribution in [0, 0.1) is 0 Å². The van der Waals surface area contributed by atoms with E-state index in [4.69, 9.17) is 9.47 Å². The van der Waals surface area contributed by atoms with Gasteiger partial charge >= 0.3 is 6.09 Å². The van der Waals surface area contributed by atoms with Crippen molar-refractivity contribution in [3.05, 3.63) is 78.9 Å². The molecule has 4 heteroatoms. The number of carbonyl (C=O) groups is 1. The maximum Gasteiger partial charge on any atom is 0.417 e. The Labute approximate surface area is 140 Å². The molecule has 4 nitrogen and oxygen atoms in total. The number of carbonyl (C=O) groups excluding carboxylic acids is 1. The molecule has 1 N–H and O–H groups in total. The van der Waals surface area contributed by atoms with E-state index >= 15 is 0 Å². The van der Waals surface area contributed by atoms with Crippen molar-refractivity contribution in [1.29, 1.82) is 0 Å².